The molecule has 0 spiro atoms. The fourth-order valence-corrected chi connectivity index (χ4v) is 4.54. The van der Waals surface area contributed by atoms with Gasteiger partial charge in [0, 0.05) is 0 Å². The van der Waals surface area contributed by atoms with Crippen LogP contribution in [0.4, 0.5) is 0 Å². The number of benzene rings is 2. The van der Waals surface area contributed by atoms with Crippen LogP contribution in [-0.4, -0.2) is 48.9 Å². The van der Waals surface area contributed by atoms with Gasteiger partial charge in [-0.1, -0.05) is 54.6 Å². The minimum absolute atomic E-state index is 0.255. The fourth-order valence-electron chi connectivity index (χ4n) is 4.54. The van der Waals surface area contributed by atoms with Crippen LogP contribution in [0.5, 0.6) is 0 Å². The lowest BCUT2D eigenvalue weighted by Gasteiger charge is -2.37. The number of rotatable bonds is 5. The zero-order valence-electron chi connectivity index (χ0n) is 18.4. The van der Waals surface area contributed by atoms with Crippen molar-refractivity contribution in [2.45, 2.75) is 76.6 Å². The van der Waals surface area contributed by atoms with Crippen LogP contribution in [0.1, 0.15) is 33.3 Å². The summed E-state index contributed by atoms with van der Waals surface area (Å²) >= 11 is 0. The van der Waals surface area contributed by atoms with Crippen molar-refractivity contribution < 1.29 is 28.4 Å². The molecule has 0 bridgehead atoms. The highest BCUT2D eigenvalue weighted by atomic mass is 16.9. The summed E-state index contributed by atoms with van der Waals surface area (Å²) in [7, 11) is 0. The molecule has 5 atom stereocenters. The maximum atomic E-state index is 6.19. The van der Waals surface area contributed by atoms with Crippen molar-refractivity contribution in [3.63, 3.8) is 0 Å². The molecule has 3 aliphatic rings. The molecule has 0 aliphatic carbocycles. The number of fused-ring (bicyclic) bond motifs is 3. The maximum Gasteiger partial charge on any atom is 0.190 e. The second-order valence-corrected chi connectivity index (χ2v) is 9.29. The van der Waals surface area contributed by atoms with Crippen LogP contribution in [0.15, 0.2) is 54.6 Å². The molecule has 0 N–H and O–H groups in total. The van der Waals surface area contributed by atoms with E-state index in [9.17, 15) is 0 Å². The SMILES string of the molecule is CC1(C)O[C@H]2[C@@H](O1)[C@@H](COCc1ccc(-c3ccccc3)cc1)O[C@@H]1OC(C)(C)O[C@@H]12. The summed E-state index contributed by atoms with van der Waals surface area (Å²) in [6.07, 6.45) is -1.63. The van der Waals surface area contributed by atoms with E-state index in [1.165, 1.54) is 11.1 Å². The second kappa shape index (κ2) is 7.96. The fraction of sp³-hybridized carbons (Fsp3) is 0.520. The van der Waals surface area contributed by atoms with Crippen LogP contribution in [0.3, 0.4) is 0 Å². The van der Waals surface area contributed by atoms with Crippen LogP contribution in [0, 0.1) is 0 Å². The molecular weight excluding hydrogens is 396 g/mol. The molecule has 2 aromatic rings. The maximum absolute atomic E-state index is 6.19. The average molecular weight is 427 g/mol. The molecule has 3 heterocycles. The Kier molecular flexibility index (Phi) is 5.41. The second-order valence-electron chi connectivity index (χ2n) is 9.29. The third-order valence-electron chi connectivity index (χ3n) is 5.86. The quantitative estimate of drug-likeness (QED) is 0.712. The Bertz CT molecular complexity index is 894. The van der Waals surface area contributed by atoms with Gasteiger partial charge in [0.25, 0.3) is 0 Å². The lowest BCUT2D eigenvalue weighted by atomic mass is 9.99. The zero-order chi connectivity index (χ0) is 21.6. The van der Waals surface area contributed by atoms with Gasteiger partial charge in [0.15, 0.2) is 17.9 Å². The number of ether oxygens (including phenoxy) is 6. The molecule has 3 fully saturated rings. The summed E-state index contributed by atoms with van der Waals surface area (Å²) in [4.78, 5) is 0. The van der Waals surface area contributed by atoms with E-state index >= 15 is 0 Å². The van der Waals surface area contributed by atoms with E-state index in [0.717, 1.165) is 5.56 Å². The predicted octanol–water partition coefficient (Wildman–Crippen LogP) is 4.27. The molecule has 6 heteroatoms. The largest absolute Gasteiger partial charge is 0.374 e. The van der Waals surface area contributed by atoms with Crippen molar-refractivity contribution in [3.8, 4) is 11.1 Å². The number of hydrogen-bond acceptors (Lipinski definition) is 6. The van der Waals surface area contributed by atoms with Crippen LogP contribution < -0.4 is 0 Å². The molecule has 166 valence electrons. The first-order valence-corrected chi connectivity index (χ1v) is 10.9. The van der Waals surface area contributed by atoms with Crippen molar-refractivity contribution in [3.05, 3.63) is 60.2 Å². The molecular formula is C25H30O6. The molecule has 3 aliphatic heterocycles. The van der Waals surface area contributed by atoms with Crippen LogP contribution >= 0.6 is 0 Å². The summed E-state index contributed by atoms with van der Waals surface area (Å²) in [5.41, 5.74) is 3.50. The van der Waals surface area contributed by atoms with E-state index in [2.05, 4.69) is 36.4 Å². The monoisotopic (exact) mass is 426 g/mol. The van der Waals surface area contributed by atoms with Gasteiger partial charge in [-0.15, -0.1) is 0 Å². The van der Waals surface area contributed by atoms with E-state index in [1.54, 1.807) is 0 Å². The molecule has 3 saturated heterocycles. The van der Waals surface area contributed by atoms with Gasteiger partial charge in [-0.05, 0) is 44.4 Å². The van der Waals surface area contributed by atoms with Crippen LogP contribution in [0.25, 0.3) is 11.1 Å². The van der Waals surface area contributed by atoms with E-state index in [-0.39, 0.29) is 24.4 Å². The van der Waals surface area contributed by atoms with Gasteiger partial charge < -0.3 is 28.4 Å². The Morgan fingerprint density at radius 3 is 2.06 bits per heavy atom. The number of hydrogen-bond donors (Lipinski definition) is 0. The van der Waals surface area contributed by atoms with Crippen molar-refractivity contribution in [1.29, 1.82) is 0 Å². The molecule has 5 rings (SSSR count). The lowest BCUT2D eigenvalue weighted by molar-refractivity contribution is -0.243. The molecule has 31 heavy (non-hydrogen) atoms. The molecule has 0 unspecified atom stereocenters. The van der Waals surface area contributed by atoms with Gasteiger partial charge in [-0.3, -0.25) is 0 Å². The normalized spacial score (nSPS) is 33.1. The highest BCUT2D eigenvalue weighted by molar-refractivity contribution is 5.63. The van der Waals surface area contributed by atoms with Crippen molar-refractivity contribution >= 4 is 0 Å². The molecule has 0 amide bonds. The van der Waals surface area contributed by atoms with Crippen molar-refractivity contribution in [2.24, 2.45) is 0 Å². The molecule has 0 aromatic heterocycles. The predicted molar refractivity (Wildman–Crippen MR) is 114 cm³/mol. The van der Waals surface area contributed by atoms with Crippen LogP contribution in [-0.2, 0) is 35.0 Å². The van der Waals surface area contributed by atoms with Crippen LogP contribution in [0.2, 0.25) is 0 Å². The van der Waals surface area contributed by atoms with Crippen molar-refractivity contribution in [1.82, 2.24) is 0 Å². The van der Waals surface area contributed by atoms with E-state index in [1.807, 2.05) is 45.9 Å². The Labute approximate surface area is 183 Å². The summed E-state index contributed by atoms with van der Waals surface area (Å²) in [5, 5.41) is 0. The highest BCUT2D eigenvalue weighted by Gasteiger charge is 2.60. The molecule has 0 radical (unpaired) electrons. The standard InChI is InChI=1S/C25H30O6/c1-24(2)28-20-19(27-23-22(21(20)29-24)30-25(3,4)31-23)15-26-14-16-10-12-18(13-11-16)17-8-6-5-7-9-17/h5-13,19-23H,14-15H2,1-4H3/t19-,20+,21+,22-,23-/m1/s1. The minimum atomic E-state index is -0.716. The Morgan fingerprint density at radius 1 is 0.710 bits per heavy atom. The Balaban J connectivity index is 1.22. The minimum Gasteiger partial charge on any atom is -0.374 e. The zero-order valence-corrected chi connectivity index (χ0v) is 18.4. The van der Waals surface area contributed by atoms with E-state index in [0.29, 0.717) is 13.2 Å². The summed E-state index contributed by atoms with van der Waals surface area (Å²) in [6, 6.07) is 18.8. The molecule has 6 nitrogen and oxygen atoms in total. The average Bonchev–Trinajstić information content (AvgIpc) is 3.23. The van der Waals surface area contributed by atoms with Gasteiger partial charge in [-0.2, -0.15) is 0 Å². The van der Waals surface area contributed by atoms with Gasteiger partial charge in [0.1, 0.15) is 24.4 Å². The van der Waals surface area contributed by atoms with E-state index in [4.69, 9.17) is 28.4 Å². The topological polar surface area (TPSA) is 55.4 Å². The molecule has 0 saturated carbocycles. The van der Waals surface area contributed by atoms with E-state index < -0.39 is 17.9 Å². The van der Waals surface area contributed by atoms with Crippen molar-refractivity contribution in [2.75, 3.05) is 6.61 Å². The van der Waals surface area contributed by atoms with Gasteiger partial charge >= 0.3 is 0 Å². The third-order valence-corrected chi connectivity index (χ3v) is 5.86. The smallest absolute Gasteiger partial charge is 0.190 e. The Morgan fingerprint density at radius 2 is 1.32 bits per heavy atom. The first-order chi connectivity index (χ1) is 14.8. The summed E-state index contributed by atoms with van der Waals surface area (Å²) in [6.45, 7) is 8.47. The third kappa shape index (κ3) is 4.42. The van der Waals surface area contributed by atoms with Gasteiger partial charge in [-0.25, -0.2) is 0 Å². The lowest BCUT2D eigenvalue weighted by Crippen LogP contribution is -2.56. The van der Waals surface area contributed by atoms with Gasteiger partial charge in [0.05, 0.1) is 13.2 Å². The summed E-state index contributed by atoms with van der Waals surface area (Å²) in [5.74, 6) is -1.42. The first kappa shape index (κ1) is 21.1. The highest BCUT2D eigenvalue weighted by Crippen LogP contribution is 2.44. The van der Waals surface area contributed by atoms with Gasteiger partial charge in [0.2, 0.25) is 0 Å². The summed E-state index contributed by atoms with van der Waals surface area (Å²) < 4.78 is 36.5. The Hall–Kier alpha value is -1.80. The molecule has 2 aromatic carbocycles. The first-order valence-electron chi connectivity index (χ1n) is 10.9.